The first kappa shape index (κ1) is 16.4. The fraction of sp³-hybridized carbons (Fsp3) is 0.471. The average Bonchev–Trinajstić information content (AvgIpc) is 2.63. The predicted octanol–water partition coefficient (Wildman–Crippen LogP) is 0.168. The van der Waals surface area contributed by atoms with Crippen molar-refractivity contribution in [2.45, 2.75) is 32.4 Å². The number of para-hydroxylation sites is 1. The van der Waals surface area contributed by atoms with Crippen LogP contribution in [0.2, 0.25) is 0 Å². The Labute approximate surface area is 138 Å². The third kappa shape index (κ3) is 2.99. The van der Waals surface area contributed by atoms with Crippen LogP contribution in [0.1, 0.15) is 19.3 Å². The molecule has 7 heteroatoms. The number of amides is 1. The summed E-state index contributed by atoms with van der Waals surface area (Å²) in [6.45, 7) is 0.933. The molecule has 0 unspecified atom stereocenters. The standard InChI is InChI=1S/C17H21N3O4/c21-11-10-19-16(23)13-6-2-3-7-14(13)20(17(19)24)12-15(22)18-8-4-1-5-9-18/h2-3,6-7,21H,1,4-5,8-12H2. The van der Waals surface area contributed by atoms with Crippen LogP contribution in [0.25, 0.3) is 10.9 Å². The second kappa shape index (κ2) is 7.00. The van der Waals surface area contributed by atoms with Gasteiger partial charge in [0, 0.05) is 13.1 Å². The molecule has 2 aromatic rings. The molecule has 24 heavy (non-hydrogen) atoms. The number of nitrogens with zero attached hydrogens (tertiary/aromatic N) is 3. The van der Waals surface area contributed by atoms with Gasteiger partial charge in [0.25, 0.3) is 5.56 Å². The van der Waals surface area contributed by atoms with Gasteiger partial charge >= 0.3 is 5.69 Å². The number of aliphatic hydroxyl groups excluding tert-OH is 1. The van der Waals surface area contributed by atoms with Gasteiger partial charge in [0.1, 0.15) is 6.54 Å². The number of rotatable bonds is 4. The van der Waals surface area contributed by atoms with Crippen molar-refractivity contribution in [3.05, 3.63) is 45.1 Å². The molecule has 3 rings (SSSR count). The van der Waals surface area contributed by atoms with Crippen LogP contribution in [0, 0.1) is 0 Å². The minimum atomic E-state index is -0.557. The molecule has 2 heterocycles. The van der Waals surface area contributed by atoms with Crippen molar-refractivity contribution in [2.75, 3.05) is 19.7 Å². The van der Waals surface area contributed by atoms with E-state index in [1.165, 1.54) is 4.57 Å². The molecule has 1 aromatic carbocycles. The van der Waals surface area contributed by atoms with Crippen molar-refractivity contribution in [3.63, 3.8) is 0 Å². The summed E-state index contributed by atoms with van der Waals surface area (Å²) in [5.41, 5.74) is -0.545. The molecule has 0 saturated carbocycles. The summed E-state index contributed by atoms with van der Waals surface area (Å²) in [7, 11) is 0. The van der Waals surface area contributed by atoms with E-state index in [1.807, 2.05) is 0 Å². The fourth-order valence-electron chi connectivity index (χ4n) is 3.20. The van der Waals surface area contributed by atoms with Crippen LogP contribution in [0.15, 0.2) is 33.9 Å². The van der Waals surface area contributed by atoms with Crippen molar-refractivity contribution in [1.82, 2.24) is 14.0 Å². The lowest BCUT2D eigenvalue weighted by Crippen LogP contribution is -2.44. The van der Waals surface area contributed by atoms with Crippen molar-refractivity contribution in [1.29, 1.82) is 0 Å². The number of carbonyl (C=O) groups is 1. The van der Waals surface area contributed by atoms with Gasteiger partial charge < -0.3 is 10.0 Å². The van der Waals surface area contributed by atoms with Gasteiger partial charge in [-0.15, -0.1) is 0 Å². The second-order valence-corrected chi connectivity index (χ2v) is 6.01. The van der Waals surface area contributed by atoms with Gasteiger partial charge in [-0.1, -0.05) is 12.1 Å². The Morgan fingerprint density at radius 2 is 1.75 bits per heavy atom. The quantitative estimate of drug-likeness (QED) is 0.865. The number of hydrogen-bond donors (Lipinski definition) is 1. The zero-order chi connectivity index (χ0) is 17.1. The van der Waals surface area contributed by atoms with Gasteiger partial charge in [0.2, 0.25) is 5.91 Å². The maximum Gasteiger partial charge on any atom is 0.332 e. The van der Waals surface area contributed by atoms with E-state index in [0.29, 0.717) is 24.0 Å². The molecule has 1 saturated heterocycles. The van der Waals surface area contributed by atoms with Gasteiger partial charge in [0.15, 0.2) is 0 Å². The molecule has 7 nitrogen and oxygen atoms in total. The number of likely N-dealkylation sites (tertiary alicyclic amines) is 1. The van der Waals surface area contributed by atoms with Crippen molar-refractivity contribution >= 4 is 16.8 Å². The molecule has 0 atom stereocenters. The van der Waals surface area contributed by atoms with E-state index in [9.17, 15) is 14.4 Å². The van der Waals surface area contributed by atoms with E-state index < -0.39 is 11.2 Å². The summed E-state index contributed by atoms with van der Waals surface area (Å²) >= 11 is 0. The highest BCUT2D eigenvalue weighted by molar-refractivity contribution is 5.81. The van der Waals surface area contributed by atoms with Crippen molar-refractivity contribution < 1.29 is 9.90 Å². The van der Waals surface area contributed by atoms with Crippen LogP contribution in [0.5, 0.6) is 0 Å². The van der Waals surface area contributed by atoms with Crippen molar-refractivity contribution in [2.24, 2.45) is 0 Å². The molecule has 128 valence electrons. The lowest BCUT2D eigenvalue weighted by molar-refractivity contribution is -0.132. The van der Waals surface area contributed by atoms with E-state index in [4.69, 9.17) is 5.11 Å². The number of fused-ring (bicyclic) bond motifs is 1. The SMILES string of the molecule is O=C(Cn1c(=O)n(CCO)c(=O)c2ccccc21)N1CCCCC1. The normalized spacial score (nSPS) is 15.0. The molecule has 0 aliphatic carbocycles. The number of carbonyl (C=O) groups excluding carboxylic acids is 1. The van der Waals surface area contributed by atoms with E-state index in [-0.39, 0.29) is 25.6 Å². The summed E-state index contributed by atoms with van der Waals surface area (Å²) in [5, 5.41) is 9.51. The van der Waals surface area contributed by atoms with Crippen LogP contribution in [0.3, 0.4) is 0 Å². The molecule has 1 amide bonds. The molecule has 0 spiro atoms. The lowest BCUT2D eigenvalue weighted by atomic mass is 10.1. The summed E-state index contributed by atoms with van der Waals surface area (Å²) in [6.07, 6.45) is 3.07. The Balaban J connectivity index is 2.07. The van der Waals surface area contributed by atoms with E-state index in [2.05, 4.69) is 0 Å². The van der Waals surface area contributed by atoms with Crippen LogP contribution < -0.4 is 11.2 Å². The van der Waals surface area contributed by atoms with Crippen LogP contribution in [0.4, 0.5) is 0 Å². The number of benzene rings is 1. The molecule has 0 radical (unpaired) electrons. The highest BCUT2D eigenvalue weighted by atomic mass is 16.3. The minimum Gasteiger partial charge on any atom is -0.395 e. The van der Waals surface area contributed by atoms with Crippen molar-refractivity contribution in [3.8, 4) is 0 Å². The first-order valence-electron chi connectivity index (χ1n) is 8.24. The van der Waals surface area contributed by atoms with Gasteiger partial charge in [-0.3, -0.25) is 18.7 Å². The molecule has 1 N–H and O–H groups in total. The van der Waals surface area contributed by atoms with Crippen LogP contribution >= 0.6 is 0 Å². The third-order valence-electron chi connectivity index (χ3n) is 4.46. The molecule has 1 aromatic heterocycles. The highest BCUT2D eigenvalue weighted by Gasteiger charge is 2.20. The van der Waals surface area contributed by atoms with E-state index in [0.717, 1.165) is 23.8 Å². The topological polar surface area (TPSA) is 84.5 Å². The first-order valence-corrected chi connectivity index (χ1v) is 8.24. The summed E-state index contributed by atoms with van der Waals surface area (Å²) in [4.78, 5) is 39.4. The number of piperidine rings is 1. The van der Waals surface area contributed by atoms with E-state index >= 15 is 0 Å². The fourth-order valence-corrected chi connectivity index (χ4v) is 3.20. The van der Waals surface area contributed by atoms with Crippen LogP contribution in [-0.4, -0.2) is 44.7 Å². The van der Waals surface area contributed by atoms with E-state index in [1.54, 1.807) is 29.2 Å². The first-order chi connectivity index (χ1) is 11.6. The molecule has 1 aliphatic heterocycles. The molecule has 1 fully saturated rings. The number of hydrogen-bond acceptors (Lipinski definition) is 4. The Bertz CT molecular complexity index is 862. The van der Waals surface area contributed by atoms with Gasteiger partial charge in [0.05, 0.1) is 24.1 Å². The molecular weight excluding hydrogens is 310 g/mol. The summed E-state index contributed by atoms with van der Waals surface area (Å²) < 4.78 is 2.33. The lowest BCUT2D eigenvalue weighted by Gasteiger charge is -2.27. The zero-order valence-electron chi connectivity index (χ0n) is 13.5. The Morgan fingerprint density at radius 1 is 1.04 bits per heavy atom. The maximum absolute atomic E-state index is 12.7. The summed E-state index contributed by atoms with van der Waals surface area (Å²) in [5.74, 6) is -0.115. The van der Waals surface area contributed by atoms with Crippen LogP contribution in [-0.2, 0) is 17.9 Å². The number of aromatic nitrogens is 2. The molecule has 1 aliphatic rings. The molecule has 0 bridgehead atoms. The third-order valence-corrected chi connectivity index (χ3v) is 4.46. The summed E-state index contributed by atoms with van der Waals surface area (Å²) in [6, 6.07) is 6.76. The zero-order valence-corrected chi connectivity index (χ0v) is 13.5. The van der Waals surface area contributed by atoms with Gasteiger partial charge in [-0.25, -0.2) is 4.79 Å². The second-order valence-electron chi connectivity index (χ2n) is 6.01. The maximum atomic E-state index is 12.7. The monoisotopic (exact) mass is 331 g/mol. The average molecular weight is 331 g/mol. The predicted molar refractivity (Wildman–Crippen MR) is 90.0 cm³/mol. The molecular formula is C17H21N3O4. The van der Waals surface area contributed by atoms with Gasteiger partial charge in [-0.05, 0) is 31.4 Å². The highest BCUT2D eigenvalue weighted by Crippen LogP contribution is 2.11. The smallest absolute Gasteiger partial charge is 0.332 e. The van der Waals surface area contributed by atoms with Gasteiger partial charge in [-0.2, -0.15) is 0 Å². The Morgan fingerprint density at radius 3 is 2.46 bits per heavy atom. The number of aliphatic hydroxyl groups is 1. The Kier molecular flexibility index (Phi) is 4.80. The minimum absolute atomic E-state index is 0.0829. The largest absolute Gasteiger partial charge is 0.395 e. The Hall–Kier alpha value is -2.41.